The molecule has 0 unspecified atom stereocenters. The van der Waals surface area contributed by atoms with Gasteiger partial charge in [-0.3, -0.25) is 4.79 Å². The van der Waals surface area contributed by atoms with Gasteiger partial charge in [0.2, 0.25) is 5.62 Å². The first-order chi connectivity index (χ1) is 2.56. The predicted molar refractivity (Wildman–Crippen MR) is 27.6 cm³/mol. The average Bonchev–Trinajstić information content (AvgIpc) is 1.35. The largest absolute Gasteiger partial charge is 0.285 e. The van der Waals surface area contributed by atoms with Crippen LogP contribution in [0.4, 0.5) is 11.7 Å². The van der Waals surface area contributed by atoms with Gasteiger partial charge in [-0.05, 0) is 0 Å². The second-order valence-corrected chi connectivity index (χ2v) is 1.62. The Bertz CT molecular complexity index is 60.4. The van der Waals surface area contributed by atoms with Gasteiger partial charge in [0, 0.05) is 0 Å². The van der Waals surface area contributed by atoms with Crippen molar-refractivity contribution in [2.75, 3.05) is 0 Å². The third kappa shape index (κ3) is 10.7. The van der Waals surface area contributed by atoms with E-state index in [9.17, 15) is 11.7 Å². The van der Waals surface area contributed by atoms with E-state index in [0.29, 0.717) is 0 Å². The van der Waals surface area contributed by atoms with Crippen LogP contribution >= 0.6 is 11.2 Å². The number of carbonyl (C=O) groups is 1. The van der Waals surface area contributed by atoms with E-state index >= 15 is 0 Å². The monoisotopic (exact) mass is 148 g/mol. The SMILES string of the molecule is O=CS(F)(F)F.[AlH3]. The molecular formula is CH4AlF3OS. The van der Waals surface area contributed by atoms with Crippen molar-refractivity contribution in [2.45, 2.75) is 0 Å². The highest BCUT2D eigenvalue weighted by Crippen LogP contribution is 2.49. The minimum absolute atomic E-state index is 0. The Morgan fingerprint density at radius 1 is 1.29 bits per heavy atom. The van der Waals surface area contributed by atoms with Crippen LogP contribution in [-0.4, -0.2) is 23.0 Å². The lowest BCUT2D eigenvalue weighted by molar-refractivity contribution is 0.555. The van der Waals surface area contributed by atoms with Crippen molar-refractivity contribution in [2.24, 2.45) is 0 Å². The molecule has 0 radical (unpaired) electrons. The van der Waals surface area contributed by atoms with Gasteiger partial charge in [-0.25, -0.2) is 0 Å². The van der Waals surface area contributed by atoms with Gasteiger partial charge in [0.15, 0.2) is 17.4 Å². The van der Waals surface area contributed by atoms with Crippen LogP contribution < -0.4 is 0 Å². The van der Waals surface area contributed by atoms with E-state index in [4.69, 9.17) is 4.79 Å². The molecule has 0 spiro atoms. The molecular weight excluding hydrogens is 144 g/mol. The summed E-state index contributed by atoms with van der Waals surface area (Å²) in [5.41, 5.74) is -0.979. The topological polar surface area (TPSA) is 17.1 Å². The number of rotatable bonds is 1. The molecule has 0 saturated carbocycles. The molecule has 0 bridgehead atoms. The molecule has 0 fully saturated rings. The number of carbonyl (C=O) groups excluding carboxylic acids is 1. The first-order valence-corrected chi connectivity index (χ1v) is 2.33. The van der Waals surface area contributed by atoms with E-state index in [0.717, 1.165) is 0 Å². The summed E-state index contributed by atoms with van der Waals surface area (Å²) in [6.45, 7) is 0. The summed E-state index contributed by atoms with van der Waals surface area (Å²) in [4.78, 5) is 8.74. The highest BCUT2D eigenvalue weighted by atomic mass is 32.3. The number of hydrogen-bond acceptors (Lipinski definition) is 1. The second kappa shape index (κ2) is 3.36. The molecule has 0 aromatic heterocycles. The van der Waals surface area contributed by atoms with Crippen LogP contribution in [0.2, 0.25) is 0 Å². The summed E-state index contributed by atoms with van der Waals surface area (Å²) in [7, 11) is 0. The Kier molecular flexibility index (Phi) is 4.96. The normalized spacial score (nSPS) is 11.9. The standard InChI is InChI=1S/CHF3OS.Al.3H/c2-6(3,4)1-5;;;;/h1H;;;;. The molecule has 0 atom stereocenters. The first-order valence-electron chi connectivity index (χ1n) is 0.934. The average molecular weight is 148 g/mol. The van der Waals surface area contributed by atoms with E-state index in [-0.39, 0.29) is 17.4 Å². The van der Waals surface area contributed by atoms with Gasteiger partial charge in [-0.2, -0.15) is 0 Å². The Morgan fingerprint density at radius 3 is 1.43 bits per heavy atom. The van der Waals surface area contributed by atoms with Crippen LogP contribution in [0, 0.1) is 0 Å². The molecule has 0 aliphatic rings. The molecule has 0 amide bonds. The minimum Gasteiger partial charge on any atom is -0.285 e. The Hall–Kier alpha value is 0.342. The fourth-order valence-electron chi connectivity index (χ4n) is 0. The molecule has 0 saturated heterocycles. The van der Waals surface area contributed by atoms with E-state index in [1.54, 1.807) is 0 Å². The van der Waals surface area contributed by atoms with Crippen molar-refractivity contribution >= 4 is 34.2 Å². The summed E-state index contributed by atoms with van der Waals surface area (Å²) >= 11 is -5.34. The molecule has 7 heavy (non-hydrogen) atoms. The van der Waals surface area contributed by atoms with Crippen molar-refractivity contribution in [3.63, 3.8) is 0 Å². The smallest absolute Gasteiger partial charge is 0.268 e. The van der Waals surface area contributed by atoms with Gasteiger partial charge >= 0.3 is 0 Å². The molecule has 0 aromatic carbocycles. The van der Waals surface area contributed by atoms with Crippen LogP contribution in [0.5, 0.6) is 0 Å². The van der Waals surface area contributed by atoms with Crippen molar-refractivity contribution in [1.29, 1.82) is 0 Å². The highest BCUT2D eigenvalue weighted by molar-refractivity contribution is 8.32. The Labute approximate surface area is 51.2 Å². The first kappa shape index (κ1) is 10.3. The summed E-state index contributed by atoms with van der Waals surface area (Å²) in [5.74, 6) is 0. The van der Waals surface area contributed by atoms with Gasteiger partial charge < -0.3 is 0 Å². The van der Waals surface area contributed by atoms with Gasteiger partial charge in [0.25, 0.3) is 11.2 Å². The molecule has 0 aliphatic carbocycles. The summed E-state index contributed by atoms with van der Waals surface area (Å²) in [5, 5.41) is 0. The van der Waals surface area contributed by atoms with Crippen LogP contribution in [0.15, 0.2) is 0 Å². The molecule has 44 valence electrons. The zero-order valence-electron chi connectivity index (χ0n) is 2.53. The minimum atomic E-state index is -5.34. The molecule has 1 nitrogen and oxygen atoms in total. The van der Waals surface area contributed by atoms with Crippen molar-refractivity contribution in [1.82, 2.24) is 0 Å². The fourth-order valence-corrected chi connectivity index (χ4v) is 0. The summed E-state index contributed by atoms with van der Waals surface area (Å²) in [6, 6.07) is 0. The van der Waals surface area contributed by atoms with Gasteiger partial charge in [-0.15, -0.1) is 11.7 Å². The van der Waals surface area contributed by atoms with Crippen molar-refractivity contribution in [3.05, 3.63) is 0 Å². The summed E-state index contributed by atoms with van der Waals surface area (Å²) in [6.07, 6.45) is 0. The fraction of sp³-hybridized carbons (Fsp3) is 0. The lowest BCUT2D eigenvalue weighted by atomic mass is 11.8. The Balaban J connectivity index is 0. The maximum Gasteiger partial charge on any atom is 0.268 e. The lowest BCUT2D eigenvalue weighted by Gasteiger charge is -1.92. The molecule has 0 heterocycles. The maximum atomic E-state index is 10.5. The molecule has 0 aliphatic heterocycles. The van der Waals surface area contributed by atoms with E-state index in [1.165, 1.54) is 0 Å². The zero-order valence-corrected chi connectivity index (χ0v) is 3.34. The molecule has 6 heteroatoms. The maximum absolute atomic E-state index is 10.5. The van der Waals surface area contributed by atoms with Gasteiger partial charge in [-0.1, -0.05) is 0 Å². The molecule has 0 N–H and O–H groups in total. The number of hydrogen-bond donors (Lipinski definition) is 0. The van der Waals surface area contributed by atoms with Crippen LogP contribution in [0.25, 0.3) is 0 Å². The predicted octanol–water partition coefficient (Wildman–Crippen LogP) is 0.451. The van der Waals surface area contributed by atoms with E-state index in [1.807, 2.05) is 0 Å². The summed E-state index contributed by atoms with van der Waals surface area (Å²) < 4.78 is 31.5. The van der Waals surface area contributed by atoms with Crippen molar-refractivity contribution < 1.29 is 16.5 Å². The quantitative estimate of drug-likeness (QED) is 0.389. The molecule has 0 rings (SSSR count). The third-order valence-electron chi connectivity index (χ3n) is 0.109. The van der Waals surface area contributed by atoms with Gasteiger partial charge in [0.1, 0.15) is 0 Å². The Morgan fingerprint density at radius 2 is 1.43 bits per heavy atom. The van der Waals surface area contributed by atoms with E-state index in [2.05, 4.69) is 0 Å². The van der Waals surface area contributed by atoms with Crippen LogP contribution in [0.1, 0.15) is 0 Å². The van der Waals surface area contributed by atoms with E-state index < -0.39 is 16.8 Å². The number of halogens is 3. The third-order valence-corrected chi connectivity index (χ3v) is 0.327. The zero-order chi connectivity index (χ0) is 5.21. The molecule has 0 aromatic rings. The lowest BCUT2D eigenvalue weighted by Crippen LogP contribution is -1.69. The van der Waals surface area contributed by atoms with Gasteiger partial charge in [0.05, 0.1) is 0 Å². The van der Waals surface area contributed by atoms with Crippen molar-refractivity contribution in [3.8, 4) is 0 Å². The highest BCUT2D eigenvalue weighted by Gasteiger charge is 2.17. The second-order valence-electron chi connectivity index (χ2n) is 0.538. The van der Waals surface area contributed by atoms with Crippen LogP contribution in [0.3, 0.4) is 0 Å². The van der Waals surface area contributed by atoms with Crippen LogP contribution in [-0.2, 0) is 4.79 Å².